The Balaban J connectivity index is 2.60. The van der Waals surface area contributed by atoms with Crippen molar-refractivity contribution in [3.05, 3.63) is 34.4 Å². The van der Waals surface area contributed by atoms with Gasteiger partial charge in [0.05, 0.1) is 23.4 Å². The maximum Gasteiger partial charge on any atom is 0.313 e. The average Bonchev–Trinajstić information content (AvgIpc) is 2.29. The molecule has 0 heterocycles. The summed E-state index contributed by atoms with van der Waals surface area (Å²) in [5.74, 6) is -2.35. The first-order valence-corrected chi connectivity index (χ1v) is 4.81. The largest absolute Gasteiger partial charge is 0.548 e. The molecule has 8 heteroatoms. The molecule has 1 aromatic carbocycles. The van der Waals surface area contributed by atoms with Gasteiger partial charge in [-0.15, -0.1) is 0 Å². The number of rotatable bonds is 5. The monoisotopic (exact) mass is 253 g/mol. The van der Waals surface area contributed by atoms with Crippen LogP contribution < -0.4 is 15.6 Å². The molecule has 0 saturated carbocycles. The van der Waals surface area contributed by atoms with E-state index in [9.17, 15) is 24.8 Å². The highest BCUT2D eigenvalue weighted by atomic mass is 16.6. The van der Waals surface area contributed by atoms with Crippen molar-refractivity contribution < 1.29 is 24.4 Å². The van der Waals surface area contributed by atoms with Crippen molar-refractivity contribution in [2.24, 2.45) is 5.73 Å². The van der Waals surface area contributed by atoms with E-state index in [1.54, 1.807) is 0 Å². The summed E-state index contributed by atoms with van der Waals surface area (Å²) < 4.78 is 4.74. The molecule has 18 heavy (non-hydrogen) atoms. The van der Waals surface area contributed by atoms with Gasteiger partial charge in [0, 0.05) is 12.1 Å². The Morgan fingerprint density at radius 3 is 2.33 bits per heavy atom. The fourth-order valence-corrected chi connectivity index (χ4v) is 1.07. The predicted molar refractivity (Wildman–Crippen MR) is 56.3 cm³/mol. The van der Waals surface area contributed by atoms with E-state index in [1.165, 1.54) is 12.1 Å². The number of nitrogens with two attached hydrogens (primary N) is 1. The van der Waals surface area contributed by atoms with E-state index in [0.717, 1.165) is 12.1 Å². The van der Waals surface area contributed by atoms with E-state index in [-0.39, 0.29) is 11.4 Å². The molecule has 8 nitrogen and oxygen atoms in total. The minimum atomic E-state index is -1.56. The molecule has 1 atom stereocenters. The first-order chi connectivity index (χ1) is 8.40. The first kappa shape index (κ1) is 13.6. The van der Waals surface area contributed by atoms with Crippen LogP contribution in [-0.4, -0.2) is 22.9 Å². The second-order valence-electron chi connectivity index (χ2n) is 3.35. The topological polar surface area (TPSA) is 136 Å². The zero-order chi connectivity index (χ0) is 13.7. The van der Waals surface area contributed by atoms with Gasteiger partial charge in [-0.3, -0.25) is 14.9 Å². The van der Waals surface area contributed by atoms with E-state index < -0.39 is 29.3 Å². The quantitative estimate of drug-likeness (QED) is 0.306. The number of carboxylic acids is 1. The Morgan fingerprint density at radius 1 is 1.33 bits per heavy atom. The maximum atomic E-state index is 11.2. The molecule has 0 aromatic heterocycles. The van der Waals surface area contributed by atoms with Gasteiger partial charge in [-0.05, 0) is 12.1 Å². The minimum Gasteiger partial charge on any atom is -0.548 e. The molecule has 1 aromatic rings. The van der Waals surface area contributed by atoms with Crippen LogP contribution in [0.5, 0.6) is 5.75 Å². The number of hydrogen-bond acceptors (Lipinski definition) is 7. The molecule has 96 valence electrons. The average molecular weight is 253 g/mol. The SMILES string of the molecule is N[C@@H](CC(=O)Oc1ccc([N+](=O)[O-])cc1)C(=O)[O-]. The molecule has 0 aliphatic carbocycles. The first-order valence-electron chi connectivity index (χ1n) is 4.81. The summed E-state index contributed by atoms with van der Waals surface area (Å²) in [6, 6.07) is 3.31. The van der Waals surface area contributed by atoms with Crippen LogP contribution in [0, 0.1) is 10.1 Å². The maximum absolute atomic E-state index is 11.2. The second-order valence-corrected chi connectivity index (χ2v) is 3.35. The van der Waals surface area contributed by atoms with Crippen LogP contribution in [0.2, 0.25) is 0 Å². The standard InChI is InChI=1S/C10H10N2O6/c11-8(10(14)15)5-9(13)18-7-3-1-6(2-4-7)12(16)17/h1-4,8H,5,11H2,(H,14,15)/p-1/t8-/m0/s1. The van der Waals surface area contributed by atoms with Crippen LogP contribution >= 0.6 is 0 Å². The van der Waals surface area contributed by atoms with Crippen molar-refractivity contribution in [2.45, 2.75) is 12.5 Å². The molecule has 1 rings (SSSR count). The van der Waals surface area contributed by atoms with Crippen molar-refractivity contribution in [2.75, 3.05) is 0 Å². The summed E-state index contributed by atoms with van der Waals surface area (Å²) in [6.45, 7) is 0. The molecule has 0 radical (unpaired) electrons. The van der Waals surface area contributed by atoms with Crippen molar-refractivity contribution in [3.8, 4) is 5.75 Å². The summed E-state index contributed by atoms with van der Waals surface area (Å²) >= 11 is 0. The van der Waals surface area contributed by atoms with Crippen molar-refractivity contribution in [1.29, 1.82) is 0 Å². The van der Waals surface area contributed by atoms with E-state index in [2.05, 4.69) is 0 Å². The normalized spacial score (nSPS) is 11.6. The Morgan fingerprint density at radius 2 is 1.89 bits per heavy atom. The van der Waals surface area contributed by atoms with Crippen LogP contribution in [0.1, 0.15) is 6.42 Å². The fraction of sp³-hybridized carbons (Fsp3) is 0.200. The van der Waals surface area contributed by atoms with Gasteiger partial charge in [0.15, 0.2) is 0 Å². The number of non-ortho nitro benzene ring substituents is 1. The Bertz CT molecular complexity index is 470. The van der Waals surface area contributed by atoms with Crippen LogP contribution in [0.4, 0.5) is 5.69 Å². The minimum absolute atomic E-state index is 0.0659. The van der Waals surface area contributed by atoms with Crippen molar-refractivity contribution in [3.63, 3.8) is 0 Å². The summed E-state index contributed by atoms with van der Waals surface area (Å²) in [5.41, 5.74) is 4.93. The van der Waals surface area contributed by atoms with Gasteiger partial charge in [-0.1, -0.05) is 0 Å². The number of esters is 1. The number of nitro benzene ring substituents is 1. The van der Waals surface area contributed by atoms with E-state index in [0.29, 0.717) is 0 Å². The molecule has 0 aliphatic rings. The number of hydrogen-bond donors (Lipinski definition) is 1. The van der Waals surface area contributed by atoms with Gasteiger partial charge in [-0.25, -0.2) is 0 Å². The van der Waals surface area contributed by atoms with Crippen LogP contribution in [0.3, 0.4) is 0 Å². The third kappa shape index (κ3) is 3.83. The lowest BCUT2D eigenvalue weighted by Gasteiger charge is -2.11. The Hall–Kier alpha value is -2.48. The summed E-state index contributed by atoms with van der Waals surface area (Å²) in [5, 5.41) is 20.7. The van der Waals surface area contributed by atoms with Crippen LogP contribution in [0.25, 0.3) is 0 Å². The zero-order valence-electron chi connectivity index (χ0n) is 9.07. The molecule has 0 amide bonds. The third-order valence-corrected chi connectivity index (χ3v) is 1.97. The molecular formula is C10H9N2O6-. The molecule has 0 fully saturated rings. The zero-order valence-corrected chi connectivity index (χ0v) is 9.07. The van der Waals surface area contributed by atoms with Crippen molar-refractivity contribution in [1.82, 2.24) is 0 Å². The number of benzene rings is 1. The van der Waals surface area contributed by atoms with Gasteiger partial charge in [0.25, 0.3) is 5.69 Å². The third-order valence-electron chi connectivity index (χ3n) is 1.97. The number of carbonyl (C=O) groups excluding carboxylic acids is 2. The Kier molecular flexibility index (Phi) is 4.33. The summed E-state index contributed by atoms with van der Waals surface area (Å²) in [7, 11) is 0. The van der Waals surface area contributed by atoms with E-state index >= 15 is 0 Å². The van der Waals surface area contributed by atoms with E-state index in [1.807, 2.05) is 0 Å². The van der Waals surface area contributed by atoms with Gasteiger partial charge >= 0.3 is 5.97 Å². The highest BCUT2D eigenvalue weighted by molar-refractivity contribution is 5.81. The lowest BCUT2D eigenvalue weighted by molar-refractivity contribution is -0.384. The molecule has 0 unspecified atom stereocenters. The summed E-state index contributed by atoms with van der Waals surface area (Å²) in [6.07, 6.45) is -0.542. The van der Waals surface area contributed by atoms with Gasteiger partial charge in [0.1, 0.15) is 5.75 Å². The number of nitro groups is 1. The summed E-state index contributed by atoms with van der Waals surface area (Å²) in [4.78, 5) is 31.3. The Labute approximate surface area is 101 Å². The highest BCUT2D eigenvalue weighted by Gasteiger charge is 2.13. The lowest BCUT2D eigenvalue weighted by atomic mass is 10.2. The molecule has 0 saturated heterocycles. The van der Waals surface area contributed by atoms with Crippen LogP contribution in [-0.2, 0) is 9.59 Å². The molecule has 0 bridgehead atoms. The predicted octanol–water partition coefficient (Wildman–Crippen LogP) is -1.03. The number of aliphatic carboxylic acids is 1. The molecule has 0 aliphatic heterocycles. The molecular weight excluding hydrogens is 244 g/mol. The second kappa shape index (κ2) is 5.73. The van der Waals surface area contributed by atoms with Crippen molar-refractivity contribution >= 4 is 17.6 Å². The number of nitrogens with zero attached hydrogens (tertiary/aromatic N) is 1. The van der Waals surface area contributed by atoms with Gasteiger partial charge in [-0.2, -0.15) is 0 Å². The highest BCUT2D eigenvalue weighted by Crippen LogP contribution is 2.17. The smallest absolute Gasteiger partial charge is 0.313 e. The van der Waals surface area contributed by atoms with Crippen LogP contribution in [0.15, 0.2) is 24.3 Å². The van der Waals surface area contributed by atoms with E-state index in [4.69, 9.17) is 10.5 Å². The molecule has 2 N–H and O–H groups in total. The number of carboxylic acid groups (broad SMARTS) is 1. The number of carbonyl (C=O) groups is 2. The number of ether oxygens (including phenoxy) is 1. The van der Waals surface area contributed by atoms with Gasteiger partial charge in [0.2, 0.25) is 0 Å². The molecule has 0 spiro atoms. The lowest BCUT2D eigenvalue weighted by Crippen LogP contribution is -2.43. The fourth-order valence-electron chi connectivity index (χ4n) is 1.07. The van der Waals surface area contributed by atoms with Gasteiger partial charge < -0.3 is 20.4 Å².